The van der Waals surface area contributed by atoms with Gasteiger partial charge in [-0.2, -0.15) is 4.98 Å². The first-order chi connectivity index (χ1) is 10.2. The van der Waals surface area contributed by atoms with Crippen LogP contribution >= 0.6 is 0 Å². The van der Waals surface area contributed by atoms with Crippen molar-refractivity contribution in [3.05, 3.63) is 48.0 Å². The van der Waals surface area contributed by atoms with Crippen LogP contribution in [0.25, 0.3) is 22.8 Å². The lowest BCUT2D eigenvalue weighted by atomic mass is 10.1. The van der Waals surface area contributed by atoms with Gasteiger partial charge >= 0.3 is 0 Å². The Kier molecular flexibility index (Phi) is 3.31. The molecule has 5 nitrogen and oxygen atoms in total. The number of rotatable bonds is 3. The summed E-state index contributed by atoms with van der Waals surface area (Å²) in [5.74, 6) is 1.95. The Morgan fingerprint density at radius 2 is 1.76 bits per heavy atom. The second kappa shape index (κ2) is 5.28. The van der Waals surface area contributed by atoms with Crippen LogP contribution in [0.4, 0.5) is 0 Å². The van der Waals surface area contributed by atoms with E-state index in [1.165, 1.54) is 0 Å². The number of hydrogen-bond acceptors (Lipinski definition) is 5. The van der Waals surface area contributed by atoms with Gasteiger partial charge in [0.15, 0.2) is 0 Å². The highest BCUT2D eigenvalue weighted by molar-refractivity contribution is 5.62. The monoisotopic (exact) mass is 282 g/mol. The minimum Gasteiger partial charge on any atom is -0.508 e. The van der Waals surface area contributed by atoms with Gasteiger partial charge in [-0.15, -0.1) is 0 Å². The van der Waals surface area contributed by atoms with Gasteiger partial charge < -0.3 is 14.4 Å². The fraction of sp³-hybridized carbons (Fsp3) is 0.125. The summed E-state index contributed by atoms with van der Waals surface area (Å²) in [6.07, 6.45) is 0. The summed E-state index contributed by atoms with van der Waals surface area (Å²) in [5.41, 5.74) is 2.63. The van der Waals surface area contributed by atoms with Crippen LogP contribution in [0.3, 0.4) is 0 Å². The zero-order valence-corrected chi connectivity index (χ0v) is 11.7. The number of nitrogens with zero attached hydrogens (tertiary/aromatic N) is 2. The predicted molar refractivity (Wildman–Crippen MR) is 78.1 cm³/mol. The highest BCUT2D eigenvalue weighted by Gasteiger charge is 2.11. The van der Waals surface area contributed by atoms with Crippen molar-refractivity contribution in [1.29, 1.82) is 0 Å². The van der Waals surface area contributed by atoms with Gasteiger partial charge in [0.2, 0.25) is 5.82 Å². The second-order valence-electron chi connectivity index (χ2n) is 4.65. The van der Waals surface area contributed by atoms with E-state index < -0.39 is 0 Å². The van der Waals surface area contributed by atoms with Crippen LogP contribution in [0.2, 0.25) is 0 Å². The molecule has 0 bridgehead atoms. The number of aromatic hydroxyl groups is 1. The summed E-state index contributed by atoms with van der Waals surface area (Å²) < 4.78 is 10.5. The number of ether oxygens (including phenoxy) is 1. The molecule has 0 saturated carbocycles. The Labute approximate surface area is 121 Å². The summed E-state index contributed by atoms with van der Waals surface area (Å²) in [7, 11) is 1.64. The zero-order valence-electron chi connectivity index (χ0n) is 11.7. The van der Waals surface area contributed by atoms with Crippen molar-refractivity contribution in [2.75, 3.05) is 7.11 Å². The molecule has 0 aliphatic rings. The van der Waals surface area contributed by atoms with E-state index in [2.05, 4.69) is 10.1 Å². The largest absolute Gasteiger partial charge is 0.508 e. The maximum Gasteiger partial charge on any atom is 0.258 e. The van der Waals surface area contributed by atoms with Crippen molar-refractivity contribution < 1.29 is 14.4 Å². The third kappa shape index (κ3) is 2.58. The molecule has 5 heteroatoms. The molecule has 0 aliphatic heterocycles. The quantitative estimate of drug-likeness (QED) is 0.797. The summed E-state index contributed by atoms with van der Waals surface area (Å²) in [5, 5.41) is 13.3. The first-order valence-electron chi connectivity index (χ1n) is 6.45. The summed E-state index contributed by atoms with van der Waals surface area (Å²) in [6.45, 7) is 1.96. The molecule has 3 aromatic rings. The molecule has 0 atom stereocenters. The Hall–Kier alpha value is -2.82. The molecule has 21 heavy (non-hydrogen) atoms. The van der Waals surface area contributed by atoms with E-state index in [0.29, 0.717) is 11.7 Å². The molecule has 0 unspecified atom stereocenters. The topological polar surface area (TPSA) is 68.4 Å². The van der Waals surface area contributed by atoms with Gasteiger partial charge in [-0.1, -0.05) is 5.16 Å². The van der Waals surface area contributed by atoms with Gasteiger partial charge in [-0.25, -0.2) is 0 Å². The molecule has 0 fully saturated rings. The fourth-order valence-electron chi connectivity index (χ4n) is 2.08. The molecule has 0 saturated heterocycles. The molecular weight excluding hydrogens is 268 g/mol. The minimum atomic E-state index is 0.198. The molecule has 0 spiro atoms. The summed E-state index contributed by atoms with van der Waals surface area (Å²) >= 11 is 0. The highest BCUT2D eigenvalue weighted by Crippen LogP contribution is 2.27. The Bertz CT molecular complexity index is 763. The lowest BCUT2D eigenvalue weighted by molar-refractivity contribution is 0.411. The molecule has 3 rings (SSSR count). The number of methoxy groups -OCH3 is 1. The van der Waals surface area contributed by atoms with Crippen LogP contribution in [-0.4, -0.2) is 22.4 Å². The van der Waals surface area contributed by atoms with Crippen LogP contribution in [0, 0.1) is 6.92 Å². The van der Waals surface area contributed by atoms with Gasteiger partial charge in [0.1, 0.15) is 11.5 Å². The van der Waals surface area contributed by atoms with Gasteiger partial charge in [0, 0.05) is 11.1 Å². The third-order valence-corrected chi connectivity index (χ3v) is 3.19. The van der Waals surface area contributed by atoms with Crippen molar-refractivity contribution in [3.8, 4) is 34.3 Å². The Balaban J connectivity index is 1.94. The molecule has 0 aliphatic carbocycles. The van der Waals surface area contributed by atoms with Crippen LogP contribution < -0.4 is 4.74 Å². The van der Waals surface area contributed by atoms with Crippen LogP contribution in [0.1, 0.15) is 5.56 Å². The normalized spacial score (nSPS) is 10.6. The van der Waals surface area contributed by atoms with Crippen molar-refractivity contribution in [3.63, 3.8) is 0 Å². The van der Waals surface area contributed by atoms with Gasteiger partial charge in [-0.3, -0.25) is 0 Å². The lowest BCUT2D eigenvalue weighted by Gasteiger charge is -2.04. The highest BCUT2D eigenvalue weighted by atomic mass is 16.5. The fourth-order valence-corrected chi connectivity index (χ4v) is 2.08. The van der Waals surface area contributed by atoms with Crippen molar-refractivity contribution in [2.24, 2.45) is 0 Å². The summed E-state index contributed by atoms with van der Waals surface area (Å²) in [6, 6.07) is 12.3. The zero-order chi connectivity index (χ0) is 14.8. The first-order valence-corrected chi connectivity index (χ1v) is 6.45. The third-order valence-electron chi connectivity index (χ3n) is 3.19. The molecule has 1 heterocycles. The van der Waals surface area contributed by atoms with E-state index in [1.807, 2.05) is 25.1 Å². The molecule has 0 amide bonds. The van der Waals surface area contributed by atoms with Gasteiger partial charge in [-0.05, 0) is 55.0 Å². The van der Waals surface area contributed by atoms with Crippen LogP contribution in [0.5, 0.6) is 11.5 Å². The number of aromatic nitrogens is 2. The molecular formula is C16H14N2O3. The number of hydrogen-bond donors (Lipinski definition) is 1. The average Bonchev–Trinajstić information content (AvgIpc) is 2.98. The second-order valence-corrected chi connectivity index (χ2v) is 4.65. The van der Waals surface area contributed by atoms with E-state index in [-0.39, 0.29) is 5.75 Å². The predicted octanol–water partition coefficient (Wildman–Crippen LogP) is 3.43. The maximum atomic E-state index is 9.29. The van der Waals surface area contributed by atoms with E-state index in [9.17, 15) is 5.11 Å². The van der Waals surface area contributed by atoms with Gasteiger partial charge in [0.05, 0.1) is 7.11 Å². The van der Waals surface area contributed by atoms with E-state index in [0.717, 1.165) is 22.4 Å². The van der Waals surface area contributed by atoms with Crippen molar-refractivity contribution in [2.45, 2.75) is 6.92 Å². The smallest absolute Gasteiger partial charge is 0.258 e. The Morgan fingerprint density at radius 3 is 2.43 bits per heavy atom. The number of aryl methyl sites for hydroxylation is 1. The van der Waals surface area contributed by atoms with E-state index in [1.54, 1.807) is 31.4 Å². The standard InChI is InChI=1S/C16H14N2O3/c1-10-9-12(5-8-14(10)20-2)15-17-16(21-18-15)11-3-6-13(19)7-4-11/h3-9,19H,1-2H3. The Morgan fingerprint density at radius 1 is 1.05 bits per heavy atom. The van der Waals surface area contributed by atoms with Crippen LogP contribution in [0.15, 0.2) is 47.0 Å². The number of phenols is 1. The number of benzene rings is 2. The molecule has 2 aromatic carbocycles. The average molecular weight is 282 g/mol. The molecule has 0 radical (unpaired) electrons. The lowest BCUT2D eigenvalue weighted by Crippen LogP contribution is -1.88. The molecule has 1 aromatic heterocycles. The summed E-state index contributed by atoms with van der Waals surface area (Å²) in [4.78, 5) is 4.38. The maximum absolute atomic E-state index is 9.29. The van der Waals surface area contributed by atoms with E-state index in [4.69, 9.17) is 9.26 Å². The van der Waals surface area contributed by atoms with Crippen LogP contribution in [-0.2, 0) is 0 Å². The van der Waals surface area contributed by atoms with E-state index >= 15 is 0 Å². The SMILES string of the molecule is COc1ccc(-c2noc(-c3ccc(O)cc3)n2)cc1C. The minimum absolute atomic E-state index is 0.198. The molecule has 106 valence electrons. The van der Waals surface area contributed by atoms with Crippen molar-refractivity contribution in [1.82, 2.24) is 10.1 Å². The molecule has 1 N–H and O–H groups in total. The first kappa shape index (κ1) is 13.2. The number of phenolic OH excluding ortho intramolecular Hbond substituents is 1. The van der Waals surface area contributed by atoms with Crippen molar-refractivity contribution >= 4 is 0 Å². The van der Waals surface area contributed by atoms with Gasteiger partial charge in [0.25, 0.3) is 5.89 Å².